The van der Waals surface area contributed by atoms with Crippen LogP contribution in [-0.2, 0) is 22.1 Å². The fourth-order valence-corrected chi connectivity index (χ4v) is 3.49. The summed E-state index contributed by atoms with van der Waals surface area (Å²) in [6, 6.07) is 3.39. The highest BCUT2D eigenvalue weighted by Crippen LogP contribution is 2.35. The fraction of sp³-hybridized carbons (Fsp3) is 0.450. The van der Waals surface area contributed by atoms with Gasteiger partial charge in [0.1, 0.15) is 11.6 Å². The number of alkyl halides is 3. The Hall–Kier alpha value is -2.72. The molecule has 1 atom stereocenters. The van der Waals surface area contributed by atoms with E-state index in [1.54, 1.807) is 19.9 Å². The van der Waals surface area contributed by atoms with Crippen LogP contribution in [0.15, 0.2) is 18.2 Å². The van der Waals surface area contributed by atoms with E-state index < -0.39 is 30.0 Å². The van der Waals surface area contributed by atoms with Gasteiger partial charge in [-0.25, -0.2) is 14.8 Å². The number of ether oxygens (including phenoxy) is 2. The third-order valence-corrected chi connectivity index (χ3v) is 4.88. The van der Waals surface area contributed by atoms with E-state index >= 15 is 0 Å². The van der Waals surface area contributed by atoms with Crippen LogP contribution in [0.25, 0.3) is 0 Å². The molecule has 0 spiro atoms. The van der Waals surface area contributed by atoms with E-state index in [4.69, 9.17) is 9.47 Å². The zero-order valence-corrected chi connectivity index (χ0v) is 16.7. The zero-order chi connectivity index (χ0) is 22.1. The van der Waals surface area contributed by atoms with Crippen molar-refractivity contribution in [2.24, 2.45) is 0 Å². The zero-order valence-electron chi connectivity index (χ0n) is 16.7. The Morgan fingerprint density at radius 3 is 2.53 bits per heavy atom. The molecule has 10 heteroatoms. The lowest BCUT2D eigenvalue weighted by Crippen LogP contribution is -2.21. The quantitative estimate of drug-likeness (QED) is 0.725. The molecule has 1 unspecified atom stereocenters. The van der Waals surface area contributed by atoms with Crippen molar-refractivity contribution in [1.82, 2.24) is 9.97 Å². The summed E-state index contributed by atoms with van der Waals surface area (Å²) >= 11 is 0. The summed E-state index contributed by atoms with van der Waals surface area (Å²) in [5, 5.41) is 12.6. The number of hydrogen-bond acceptors (Lipinski definition) is 6. The van der Waals surface area contributed by atoms with Gasteiger partial charge in [-0.1, -0.05) is 12.1 Å². The van der Waals surface area contributed by atoms with E-state index in [2.05, 4.69) is 15.3 Å². The molecule has 0 bridgehead atoms. The van der Waals surface area contributed by atoms with Gasteiger partial charge in [0.05, 0.1) is 24.8 Å². The Labute approximate surface area is 171 Å². The van der Waals surface area contributed by atoms with Gasteiger partial charge in [-0.2, -0.15) is 13.2 Å². The summed E-state index contributed by atoms with van der Waals surface area (Å²) in [5.41, 5.74) is -0.115. The number of anilines is 1. The number of rotatable bonds is 6. The van der Waals surface area contributed by atoms with Crippen LogP contribution in [-0.4, -0.2) is 40.5 Å². The average molecular weight is 425 g/mol. The molecular formula is C20H22F3N3O4. The van der Waals surface area contributed by atoms with E-state index in [0.717, 1.165) is 6.07 Å². The average Bonchev–Trinajstić information content (AvgIpc) is 3.15. The van der Waals surface area contributed by atoms with Crippen molar-refractivity contribution in [2.75, 3.05) is 18.5 Å². The first-order valence-corrected chi connectivity index (χ1v) is 9.35. The maximum atomic E-state index is 13.3. The smallest absolute Gasteiger partial charge is 0.416 e. The van der Waals surface area contributed by atoms with Crippen molar-refractivity contribution in [1.29, 1.82) is 0 Å². The minimum Gasteiger partial charge on any atom is -0.476 e. The molecule has 1 fully saturated rings. The van der Waals surface area contributed by atoms with Crippen LogP contribution in [0.1, 0.15) is 51.5 Å². The molecule has 7 nitrogen and oxygen atoms in total. The van der Waals surface area contributed by atoms with E-state index in [1.165, 1.54) is 13.0 Å². The lowest BCUT2D eigenvalue weighted by molar-refractivity contribution is -0.138. The number of carbonyl (C=O) groups is 1. The molecule has 0 radical (unpaired) electrons. The number of aryl methyl sites for hydroxylation is 1. The van der Waals surface area contributed by atoms with Gasteiger partial charge in [0.25, 0.3) is 0 Å². The first kappa shape index (κ1) is 22.0. The molecule has 0 saturated carbocycles. The molecule has 162 valence electrons. The SMILES string of the molecule is Cc1nc(NC(C)c2cccc(C(F)(F)F)c2C)c(CC2OCCO2)c(C(=O)O)n1. The monoisotopic (exact) mass is 425 g/mol. The molecule has 1 aliphatic heterocycles. The first-order chi connectivity index (χ1) is 14.1. The second-order valence-electron chi connectivity index (χ2n) is 7.01. The number of aromatic nitrogens is 2. The van der Waals surface area contributed by atoms with Crippen LogP contribution >= 0.6 is 0 Å². The van der Waals surface area contributed by atoms with Gasteiger partial charge in [0, 0.05) is 12.0 Å². The second kappa shape index (κ2) is 8.57. The molecule has 1 aromatic heterocycles. The van der Waals surface area contributed by atoms with Crippen LogP contribution in [0.2, 0.25) is 0 Å². The third-order valence-electron chi connectivity index (χ3n) is 4.88. The van der Waals surface area contributed by atoms with Crippen molar-refractivity contribution in [3.8, 4) is 0 Å². The number of carboxylic acid groups (broad SMARTS) is 1. The van der Waals surface area contributed by atoms with Crippen molar-refractivity contribution >= 4 is 11.8 Å². The molecule has 3 rings (SSSR count). The lowest BCUT2D eigenvalue weighted by Gasteiger charge is -2.23. The number of carboxylic acids is 1. The number of benzene rings is 1. The van der Waals surface area contributed by atoms with Crippen molar-refractivity contribution in [3.05, 3.63) is 52.0 Å². The maximum absolute atomic E-state index is 13.3. The summed E-state index contributed by atoms with van der Waals surface area (Å²) in [7, 11) is 0. The van der Waals surface area contributed by atoms with E-state index in [-0.39, 0.29) is 34.9 Å². The maximum Gasteiger partial charge on any atom is 0.416 e. The molecule has 0 amide bonds. The summed E-state index contributed by atoms with van der Waals surface area (Å²) < 4.78 is 50.6. The van der Waals surface area contributed by atoms with Gasteiger partial charge in [0.15, 0.2) is 12.0 Å². The van der Waals surface area contributed by atoms with Crippen molar-refractivity contribution in [3.63, 3.8) is 0 Å². The van der Waals surface area contributed by atoms with Gasteiger partial charge in [-0.3, -0.25) is 0 Å². The van der Waals surface area contributed by atoms with E-state index in [0.29, 0.717) is 18.8 Å². The molecular weight excluding hydrogens is 403 g/mol. The minimum absolute atomic E-state index is 0.0956. The summed E-state index contributed by atoms with van der Waals surface area (Å²) in [6.45, 7) is 5.42. The predicted molar refractivity (Wildman–Crippen MR) is 101 cm³/mol. The van der Waals surface area contributed by atoms with Crippen LogP contribution in [0.4, 0.5) is 19.0 Å². The summed E-state index contributed by atoms with van der Waals surface area (Å²) in [6.07, 6.45) is -5.01. The summed E-state index contributed by atoms with van der Waals surface area (Å²) in [5.74, 6) is -0.789. The number of nitrogens with one attached hydrogen (secondary N) is 1. The predicted octanol–water partition coefficient (Wildman–Crippen LogP) is 3.90. The first-order valence-electron chi connectivity index (χ1n) is 9.35. The van der Waals surface area contributed by atoms with Crippen LogP contribution in [0.5, 0.6) is 0 Å². The Balaban J connectivity index is 1.98. The largest absolute Gasteiger partial charge is 0.476 e. The van der Waals surface area contributed by atoms with Gasteiger partial charge in [-0.05, 0) is 38.0 Å². The number of aromatic carboxylic acids is 1. The number of halogens is 3. The Morgan fingerprint density at radius 1 is 1.27 bits per heavy atom. The topological polar surface area (TPSA) is 93.6 Å². The van der Waals surface area contributed by atoms with Gasteiger partial charge in [-0.15, -0.1) is 0 Å². The number of hydrogen-bond donors (Lipinski definition) is 2. The molecule has 1 saturated heterocycles. The van der Waals surface area contributed by atoms with Crippen LogP contribution in [0, 0.1) is 13.8 Å². The van der Waals surface area contributed by atoms with Gasteiger partial charge >= 0.3 is 12.1 Å². The number of nitrogens with zero attached hydrogens (tertiary/aromatic N) is 2. The molecule has 2 aromatic rings. The molecule has 0 aliphatic carbocycles. The van der Waals surface area contributed by atoms with E-state index in [1.807, 2.05) is 0 Å². The highest BCUT2D eigenvalue weighted by atomic mass is 19.4. The highest BCUT2D eigenvalue weighted by molar-refractivity contribution is 5.88. The molecule has 2 N–H and O–H groups in total. The molecule has 30 heavy (non-hydrogen) atoms. The van der Waals surface area contributed by atoms with Crippen molar-refractivity contribution < 1.29 is 32.5 Å². The van der Waals surface area contributed by atoms with Gasteiger partial charge in [0.2, 0.25) is 0 Å². The fourth-order valence-electron chi connectivity index (χ4n) is 3.49. The van der Waals surface area contributed by atoms with Gasteiger partial charge < -0.3 is 19.9 Å². The van der Waals surface area contributed by atoms with Crippen molar-refractivity contribution in [2.45, 2.75) is 45.7 Å². The van der Waals surface area contributed by atoms with E-state index in [9.17, 15) is 23.1 Å². The third kappa shape index (κ3) is 4.71. The standard InChI is InChI=1S/C20H22F3N3O4/c1-10-13(5-4-6-15(10)20(21,22)23)11(2)24-18-14(9-16-29-7-8-30-16)17(19(27)28)25-12(3)26-18/h4-6,11,16H,7-9H2,1-3H3,(H,27,28)(H,24,25,26). The molecule has 1 aromatic carbocycles. The molecule has 2 heterocycles. The highest BCUT2D eigenvalue weighted by Gasteiger charge is 2.33. The Morgan fingerprint density at radius 2 is 1.93 bits per heavy atom. The second-order valence-corrected chi connectivity index (χ2v) is 7.01. The Kier molecular flexibility index (Phi) is 6.27. The molecule has 1 aliphatic rings. The van der Waals surface area contributed by atoms with Crippen LogP contribution in [0.3, 0.4) is 0 Å². The normalized spacial score (nSPS) is 15.9. The Bertz CT molecular complexity index is 944. The minimum atomic E-state index is -4.47. The lowest BCUT2D eigenvalue weighted by atomic mass is 9.97. The summed E-state index contributed by atoms with van der Waals surface area (Å²) in [4.78, 5) is 20.1. The van der Waals surface area contributed by atoms with Crippen LogP contribution < -0.4 is 5.32 Å².